The van der Waals surface area contributed by atoms with E-state index in [4.69, 9.17) is 10.9 Å². The Balaban J connectivity index is 2.87. The zero-order chi connectivity index (χ0) is 7.40. The number of anilines is 1. The predicted molar refractivity (Wildman–Crippen MR) is 40.2 cm³/mol. The summed E-state index contributed by atoms with van der Waals surface area (Å²) in [6.45, 7) is 0.0511. The average molecular weight is 138 g/mol. The molecule has 54 valence electrons. The van der Waals surface area contributed by atoms with Crippen LogP contribution >= 0.6 is 0 Å². The second-order valence-electron chi connectivity index (χ2n) is 2.00. The van der Waals surface area contributed by atoms with Crippen LogP contribution in [0.4, 0.5) is 5.69 Å². The van der Waals surface area contributed by atoms with Gasteiger partial charge < -0.3 is 10.5 Å². The number of benzene rings is 1. The van der Waals surface area contributed by atoms with Gasteiger partial charge in [0, 0.05) is 5.69 Å². The van der Waals surface area contributed by atoms with Crippen LogP contribution in [0.5, 0.6) is 0 Å². The van der Waals surface area contributed by atoms with Crippen molar-refractivity contribution in [2.75, 3.05) is 5.43 Å². The third kappa shape index (κ3) is 1.46. The average Bonchev–Trinajstić information content (AvgIpc) is 2.05. The summed E-state index contributed by atoms with van der Waals surface area (Å²) in [4.78, 5) is 0. The van der Waals surface area contributed by atoms with Crippen molar-refractivity contribution in [3.8, 4) is 0 Å². The van der Waals surface area contributed by atoms with Crippen molar-refractivity contribution in [3.63, 3.8) is 0 Å². The van der Waals surface area contributed by atoms with E-state index in [0.717, 1.165) is 11.3 Å². The van der Waals surface area contributed by atoms with Crippen molar-refractivity contribution in [2.24, 2.45) is 5.84 Å². The van der Waals surface area contributed by atoms with Gasteiger partial charge in [-0.2, -0.15) is 0 Å². The van der Waals surface area contributed by atoms with Crippen molar-refractivity contribution < 1.29 is 5.11 Å². The molecule has 10 heavy (non-hydrogen) atoms. The van der Waals surface area contributed by atoms with E-state index in [9.17, 15) is 0 Å². The molecule has 0 aliphatic heterocycles. The van der Waals surface area contributed by atoms with E-state index in [1.54, 1.807) is 6.07 Å². The van der Waals surface area contributed by atoms with Crippen LogP contribution in [0, 0.1) is 0 Å². The maximum atomic E-state index is 8.69. The molecular weight excluding hydrogens is 128 g/mol. The second-order valence-corrected chi connectivity index (χ2v) is 2.00. The number of hydrogen-bond donors (Lipinski definition) is 3. The summed E-state index contributed by atoms with van der Waals surface area (Å²) < 4.78 is 0. The minimum Gasteiger partial charge on any atom is -0.392 e. The largest absolute Gasteiger partial charge is 0.392 e. The van der Waals surface area contributed by atoms with E-state index in [2.05, 4.69) is 5.43 Å². The highest BCUT2D eigenvalue weighted by atomic mass is 16.3. The molecule has 3 nitrogen and oxygen atoms in total. The maximum absolute atomic E-state index is 8.69. The van der Waals surface area contributed by atoms with Crippen molar-refractivity contribution in [3.05, 3.63) is 29.8 Å². The minimum atomic E-state index is 0.0511. The standard InChI is InChI=1S/C7H10N2O/c8-9-7-3-1-2-6(4-7)5-10/h1-4,9-10H,5,8H2. The van der Waals surface area contributed by atoms with Gasteiger partial charge in [-0.3, -0.25) is 5.84 Å². The second kappa shape index (κ2) is 3.20. The monoisotopic (exact) mass is 138 g/mol. The molecule has 0 unspecified atom stereocenters. The van der Waals surface area contributed by atoms with Gasteiger partial charge in [-0.05, 0) is 17.7 Å². The van der Waals surface area contributed by atoms with Gasteiger partial charge in [-0.15, -0.1) is 0 Å². The number of aliphatic hydroxyl groups is 1. The molecule has 0 heterocycles. The third-order valence-electron chi connectivity index (χ3n) is 1.28. The molecular formula is C7H10N2O. The number of nitrogen functional groups attached to an aromatic ring is 1. The Bertz CT molecular complexity index is 193. The molecule has 0 bridgehead atoms. The zero-order valence-electron chi connectivity index (χ0n) is 5.54. The maximum Gasteiger partial charge on any atom is 0.0682 e. The van der Waals surface area contributed by atoms with Crippen molar-refractivity contribution in [2.45, 2.75) is 6.61 Å². The van der Waals surface area contributed by atoms with Gasteiger partial charge in [-0.1, -0.05) is 12.1 Å². The Hall–Kier alpha value is -1.06. The smallest absolute Gasteiger partial charge is 0.0682 e. The molecule has 0 amide bonds. The summed E-state index contributed by atoms with van der Waals surface area (Å²) in [5.74, 6) is 5.14. The highest BCUT2D eigenvalue weighted by molar-refractivity contribution is 5.44. The minimum absolute atomic E-state index is 0.0511. The molecule has 1 rings (SSSR count). The number of nitrogens with two attached hydrogens (primary N) is 1. The first kappa shape index (κ1) is 7.05. The molecule has 3 heteroatoms. The highest BCUT2D eigenvalue weighted by Gasteiger charge is 1.90. The molecule has 0 atom stereocenters. The number of rotatable bonds is 2. The molecule has 0 spiro atoms. The zero-order valence-corrected chi connectivity index (χ0v) is 5.54. The number of aliphatic hydroxyl groups excluding tert-OH is 1. The van der Waals surface area contributed by atoms with Crippen LogP contribution < -0.4 is 11.3 Å². The number of nitrogens with one attached hydrogen (secondary N) is 1. The molecule has 1 aromatic carbocycles. The fourth-order valence-electron chi connectivity index (χ4n) is 0.759. The summed E-state index contributed by atoms with van der Waals surface area (Å²) in [5, 5.41) is 8.69. The summed E-state index contributed by atoms with van der Waals surface area (Å²) in [7, 11) is 0. The summed E-state index contributed by atoms with van der Waals surface area (Å²) in [5.41, 5.74) is 4.16. The molecule has 0 aromatic heterocycles. The number of hydrogen-bond acceptors (Lipinski definition) is 3. The normalized spacial score (nSPS) is 9.40. The lowest BCUT2D eigenvalue weighted by atomic mass is 10.2. The Kier molecular flexibility index (Phi) is 2.25. The van der Waals surface area contributed by atoms with Crippen LogP contribution in [0.3, 0.4) is 0 Å². The van der Waals surface area contributed by atoms with Crippen molar-refractivity contribution >= 4 is 5.69 Å². The number of hydrazine groups is 1. The Morgan fingerprint density at radius 3 is 2.90 bits per heavy atom. The molecule has 0 radical (unpaired) electrons. The van der Waals surface area contributed by atoms with Gasteiger partial charge in [-0.25, -0.2) is 0 Å². The van der Waals surface area contributed by atoms with E-state index in [1.165, 1.54) is 0 Å². The fourth-order valence-corrected chi connectivity index (χ4v) is 0.759. The van der Waals surface area contributed by atoms with Gasteiger partial charge in [0.1, 0.15) is 0 Å². The lowest BCUT2D eigenvalue weighted by Gasteiger charge is -2.00. The van der Waals surface area contributed by atoms with E-state index < -0.39 is 0 Å². The molecule has 1 aromatic rings. The first-order valence-corrected chi connectivity index (χ1v) is 3.03. The molecule has 0 aliphatic carbocycles. The highest BCUT2D eigenvalue weighted by Crippen LogP contribution is 2.07. The lowest BCUT2D eigenvalue weighted by molar-refractivity contribution is 0.282. The Labute approximate surface area is 59.5 Å². The molecule has 4 N–H and O–H groups in total. The fraction of sp³-hybridized carbons (Fsp3) is 0.143. The third-order valence-corrected chi connectivity index (χ3v) is 1.28. The topological polar surface area (TPSA) is 58.3 Å². The van der Waals surface area contributed by atoms with Gasteiger partial charge >= 0.3 is 0 Å². The molecule has 0 aliphatic rings. The lowest BCUT2D eigenvalue weighted by Crippen LogP contribution is -2.06. The van der Waals surface area contributed by atoms with E-state index in [-0.39, 0.29) is 6.61 Å². The summed E-state index contributed by atoms with van der Waals surface area (Å²) in [6.07, 6.45) is 0. The molecule has 0 fully saturated rings. The first-order valence-electron chi connectivity index (χ1n) is 3.03. The quantitative estimate of drug-likeness (QED) is 0.411. The van der Waals surface area contributed by atoms with E-state index in [0.29, 0.717) is 0 Å². The van der Waals surface area contributed by atoms with Crippen LogP contribution in [0.2, 0.25) is 0 Å². The van der Waals surface area contributed by atoms with Gasteiger partial charge in [0.15, 0.2) is 0 Å². The molecule has 0 saturated carbocycles. The van der Waals surface area contributed by atoms with Crippen LogP contribution in [0.25, 0.3) is 0 Å². The SMILES string of the molecule is NNc1cccc(CO)c1. The van der Waals surface area contributed by atoms with Crippen LogP contribution in [-0.2, 0) is 6.61 Å². The first-order chi connectivity index (χ1) is 4.86. The van der Waals surface area contributed by atoms with E-state index in [1.807, 2.05) is 18.2 Å². The Morgan fingerprint density at radius 1 is 1.50 bits per heavy atom. The van der Waals surface area contributed by atoms with Gasteiger partial charge in [0.2, 0.25) is 0 Å². The predicted octanol–water partition coefficient (Wildman–Crippen LogP) is 0.465. The van der Waals surface area contributed by atoms with Crippen molar-refractivity contribution in [1.82, 2.24) is 0 Å². The van der Waals surface area contributed by atoms with E-state index >= 15 is 0 Å². The molecule has 0 saturated heterocycles. The van der Waals surface area contributed by atoms with Crippen molar-refractivity contribution in [1.29, 1.82) is 0 Å². The summed E-state index contributed by atoms with van der Waals surface area (Å²) in [6, 6.07) is 7.29. The van der Waals surface area contributed by atoms with Gasteiger partial charge in [0.25, 0.3) is 0 Å². The van der Waals surface area contributed by atoms with Gasteiger partial charge in [0.05, 0.1) is 6.61 Å². The Morgan fingerprint density at radius 2 is 2.30 bits per heavy atom. The summed E-state index contributed by atoms with van der Waals surface area (Å²) >= 11 is 0. The van der Waals surface area contributed by atoms with Crippen LogP contribution in [0.15, 0.2) is 24.3 Å². The van der Waals surface area contributed by atoms with Crippen LogP contribution in [-0.4, -0.2) is 5.11 Å². The van der Waals surface area contributed by atoms with Crippen LogP contribution in [0.1, 0.15) is 5.56 Å².